The second-order valence-corrected chi connectivity index (χ2v) is 5.37. The van der Waals surface area contributed by atoms with Gasteiger partial charge in [0.1, 0.15) is 0 Å². The summed E-state index contributed by atoms with van der Waals surface area (Å²) in [5, 5.41) is 3.19. The van der Waals surface area contributed by atoms with Crippen LogP contribution < -0.4 is 5.32 Å². The molecule has 2 rings (SSSR count). The molecule has 3 heteroatoms. The van der Waals surface area contributed by atoms with Gasteiger partial charge in [-0.05, 0) is 24.2 Å². The van der Waals surface area contributed by atoms with Crippen LogP contribution in [0.4, 0.5) is 0 Å². The SMILES string of the molecule is O=C(NCc1ccccc1)C1CCCCS1. The third-order valence-corrected chi connectivity index (χ3v) is 4.16. The molecule has 1 aromatic rings. The molecule has 1 saturated heterocycles. The molecule has 0 aromatic heterocycles. The third kappa shape index (κ3) is 3.27. The largest absolute Gasteiger partial charge is 0.351 e. The summed E-state index contributed by atoms with van der Waals surface area (Å²) in [5.41, 5.74) is 1.16. The monoisotopic (exact) mass is 235 g/mol. The first-order valence-corrected chi connectivity index (χ1v) is 6.84. The van der Waals surface area contributed by atoms with Crippen molar-refractivity contribution in [3.8, 4) is 0 Å². The van der Waals surface area contributed by atoms with Crippen LogP contribution >= 0.6 is 11.8 Å². The summed E-state index contributed by atoms with van der Waals surface area (Å²) in [5.74, 6) is 1.33. The van der Waals surface area contributed by atoms with E-state index in [-0.39, 0.29) is 11.2 Å². The van der Waals surface area contributed by atoms with Gasteiger partial charge in [-0.15, -0.1) is 11.8 Å². The Labute approximate surface area is 101 Å². The first-order chi connectivity index (χ1) is 7.86. The molecule has 0 spiro atoms. The lowest BCUT2D eigenvalue weighted by molar-refractivity contribution is -0.120. The van der Waals surface area contributed by atoms with E-state index in [0.717, 1.165) is 17.7 Å². The predicted molar refractivity (Wildman–Crippen MR) is 68.4 cm³/mol. The van der Waals surface area contributed by atoms with Crippen LogP contribution in [0.5, 0.6) is 0 Å². The highest BCUT2D eigenvalue weighted by molar-refractivity contribution is 8.00. The molecule has 1 heterocycles. The van der Waals surface area contributed by atoms with Gasteiger partial charge >= 0.3 is 0 Å². The Morgan fingerprint density at radius 1 is 1.31 bits per heavy atom. The summed E-state index contributed by atoms with van der Waals surface area (Å²) in [6.45, 7) is 0.650. The summed E-state index contributed by atoms with van der Waals surface area (Å²) in [6.07, 6.45) is 3.48. The van der Waals surface area contributed by atoms with Crippen molar-refractivity contribution in [2.45, 2.75) is 31.1 Å². The van der Waals surface area contributed by atoms with E-state index >= 15 is 0 Å². The molecule has 1 aliphatic heterocycles. The topological polar surface area (TPSA) is 29.1 Å². The van der Waals surface area contributed by atoms with Gasteiger partial charge in [-0.2, -0.15) is 0 Å². The zero-order chi connectivity index (χ0) is 11.2. The smallest absolute Gasteiger partial charge is 0.233 e. The van der Waals surface area contributed by atoms with Gasteiger partial charge in [-0.25, -0.2) is 0 Å². The summed E-state index contributed by atoms with van der Waals surface area (Å²) in [4.78, 5) is 11.8. The van der Waals surface area contributed by atoms with Crippen LogP contribution in [0.1, 0.15) is 24.8 Å². The van der Waals surface area contributed by atoms with E-state index in [9.17, 15) is 4.79 Å². The standard InChI is InChI=1S/C13H17NOS/c15-13(12-8-4-5-9-16-12)14-10-11-6-2-1-3-7-11/h1-3,6-7,12H,4-5,8-10H2,(H,14,15). The number of nitrogens with one attached hydrogen (secondary N) is 1. The predicted octanol–water partition coefficient (Wildman–Crippen LogP) is 2.59. The molecule has 1 unspecified atom stereocenters. The van der Waals surface area contributed by atoms with Crippen LogP contribution in [0.2, 0.25) is 0 Å². The summed E-state index contributed by atoms with van der Waals surface area (Å²) in [7, 11) is 0. The first-order valence-electron chi connectivity index (χ1n) is 5.79. The highest BCUT2D eigenvalue weighted by atomic mass is 32.2. The Morgan fingerprint density at radius 2 is 2.12 bits per heavy atom. The second-order valence-electron chi connectivity index (χ2n) is 4.06. The maximum atomic E-state index is 11.8. The highest BCUT2D eigenvalue weighted by Crippen LogP contribution is 2.24. The Hall–Kier alpha value is -0.960. The molecule has 16 heavy (non-hydrogen) atoms. The summed E-state index contributed by atoms with van der Waals surface area (Å²) in [6, 6.07) is 10.1. The van der Waals surface area contributed by atoms with Crippen LogP contribution in [0.25, 0.3) is 0 Å². The molecule has 1 N–H and O–H groups in total. The summed E-state index contributed by atoms with van der Waals surface area (Å²) < 4.78 is 0. The van der Waals surface area contributed by atoms with Crippen molar-refractivity contribution >= 4 is 17.7 Å². The van der Waals surface area contributed by atoms with E-state index in [0.29, 0.717) is 6.54 Å². The van der Waals surface area contributed by atoms with Crippen LogP contribution in [-0.4, -0.2) is 16.9 Å². The number of carbonyl (C=O) groups is 1. The highest BCUT2D eigenvalue weighted by Gasteiger charge is 2.20. The average Bonchev–Trinajstić information content (AvgIpc) is 2.38. The van der Waals surface area contributed by atoms with Crippen molar-refractivity contribution < 1.29 is 4.79 Å². The lowest BCUT2D eigenvalue weighted by atomic mass is 10.1. The Kier molecular flexibility index (Phi) is 4.28. The van der Waals surface area contributed by atoms with Crippen molar-refractivity contribution in [2.24, 2.45) is 0 Å². The molecule has 0 saturated carbocycles. The molecule has 1 amide bonds. The maximum Gasteiger partial charge on any atom is 0.233 e. The number of carbonyl (C=O) groups excluding carboxylic acids is 1. The normalized spacial score (nSPS) is 20.4. The van der Waals surface area contributed by atoms with Gasteiger partial charge in [0.2, 0.25) is 5.91 Å². The lowest BCUT2D eigenvalue weighted by Gasteiger charge is -2.20. The zero-order valence-corrected chi connectivity index (χ0v) is 10.1. The van der Waals surface area contributed by atoms with E-state index < -0.39 is 0 Å². The fourth-order valence-corrected chi connectivity index (χ4v) is 3.07. The van der Waals surface area contributed by atoms with E-state index in [4.69, 9.17) is 0 Å². The lowest BCUT2D eigenvalue weighted by Crippen LogP contribution is -2.33. The van der Waals surface area contributed by atoms with Crippen LogP contribution in [-0.2, 0) is 11.3 Å². The Morgan fingerprint density at radius 3 is 2.81 bits per heavy atom. The molecular weight excluding hydrogens is 218 g/mol. The van der Waals surface area contributed by atoms with E-state index in [2.05, 4.69) is 5.32 Å². The fraction of sp³-hybridized carbons (Fsp3) is 0.462. The molecule has 2 nitrogen and oxygen atoms in total. The molecule has 0 aliphatic carbocycles. The van der Waals surface area contributed by atoms with E-state index in [1.165, 1.54) is 12.8 Å². The molecule has 1 aliphatic rings. The molecule has 1 atom stereocenters. The Balaban J connectivity index is 1.79. The van der Waals surface area contributed by atoms with Crippen LogP contribution in [0.15, 0.2) is 30.3 Å². The third-order valence-electron chi connectivity index (χ3n) is 2.78. The van der Waals surface area contributed by atoms with E-state index in [1.54, 1.807) is 11.8 Å². The minimum absolute atomic E-state index is 0.178. The molecule has 0 bridgehead atoms. The molecule has 1 fully saturated rings. The summed E-state index contributed by atoms with van der Waals surface area (Å²) >= 11 is 1.79. The first kappa shape index (κ1) is 11.5. The van der Waals surface area contributed by atoms with Crippen molar-refractivity contribution in [1.82, 2.24) is 5.32 Å². The van der Waals surface area contributed by atoms with Crippen LogP contribution in [0.3, 0.4) is 0 Å². The van der Waals surface area contributed by atoms with E-state index in [1.807, 2.05) is 30.3 Å². The van der Waals surface area contributed by atoms with Crippen molar-refractivity contribution in [2.75, 3.05) is 5.75 Å². The van der Waals surface area contributed by atoms with Crippen molar-refractivity contribution in [1.29, 1.82) is 0 Å². The van der Waals surface area contributed by atoms with Crippen molar-refractivity contribution in [3.63, 3.8) is 0 Å². The molecule has 0 radical (unpaired) electrons. The fourth-order valence-electron chi connectivity index (χ4n) is 1.85. The van der Waals surface area contributed by atoms with Gasteiger partial charge in [-0.3, -0.25) is 4.79 Å². The number of hydrogen-bond acceptors (Lipinski definition) is 2. The van der Waals surface area contributed by atoms with Crippen molar-refractivity contribution in [3.05, 3.63) is 35.9 Å². The van der Waals surface area contributed by atoms with Gasteiger partial charge in [-0.1, -0.05) is 36.8 Å². The molecular formula is C13H17NOS. The minimum atomic E-state index is 0.178. The number of rotatable bonds is 3. The molecule has 1 aromatic carbocycles. The maximum absolute atomic E-state index is 11.8. The quantitative estimate of drug-likeness (QED) is 0.872. The number of amides is 1. The van der Waals surface area contributed by atoms with Gasteiger partial charge < -0.3 is 5.32 Å². The van der Waals surface area contributed by atoms with Gasteiger partial charge in [0.05, 0.1) is 5.25 Å². The molecule has 86 valence electrons. The van der Waals surface area contributed by atoms with Gasteiger partial charge in [0.15, 0.2) is 0 Å². The number of benzene rings is 1. The zero-order valence-electron chi connectivity index (χ0n) is 9.32. The van der Waals surface area contributed by atoms with Crippen LogP contribution in [0, 0.1) is 0 Å². The van der Waals surface area contributed by atoms with Gasteiger partial charge in [0.25, 0.3) is 0 Å². The average molecular weight is 235 g/mol. The number of thioether (sulfide) groups is 1. The number of hydrogen-bond donors (Lipinski definition) is 1. The Bertz CT molecular complexity index is 333. The minimum Gasteiger partial charge on any atom is -0.351 e. The second kappa shape index (κ2) is 5.94. The van der Waals surface area contributed by atoms with Gasteiger partial charge in [0, 0.05) is 6.54 Å².